The van der Waals surface area contributed by atoms with Gasteiger partial charge in [-0.05, 0) is 19.4 Å². The van der Waals surface area contributed by atoms with Crippen molar-refractivity contribution in [2.45, 2.75) is 32.2 Å². The van der Waals surface area contributed by atoms with Crippen LogP contribution in [0.2, 0.25) is 0 Å². The molecule has 0 bridgehead atoms. The highest BCUT2D eigenvalue weighted by molar-refractivity contribution is 5.78. The van der Waals surface area contributed by atoms with Crippen molar-refractivity contribution >= 4 is 11.9 Å². The van der Waals surface area contributed by atoms with Crippen LogP contribution in [0, 0.1) is 0 Å². The summed E-state index contributed by atoms with van der Waals surface area (Å²) < 4.78 is 4.48. The number of nitrogens with one attached hydrogen (secondary N) is 1. The Bertz CT molecular complexity index is 252. The molecule has 0 aromatic heterocycles. The molecular weight excluding hydrogens is 208 g/mol. The molecule has 1 saturated carbocycles. The quantitative estimate of drug-likeness (QED) is 0.630. The molecule has 0 radical (unpaired) electrons. The predicted molar refractivity (Wildman–Crippen MR) is 59.9 cm³/mol. The molecule has 1 amide bonds. The van der Waals surface area contributed by atoms with Crippen LogP contribution in [0.15, 0.2) is 0 Å². The first-order valence-electron chi connectivity index (χ1n) is 5.75. The first kappa shape index (κ1) is 13.0. The van der Waals surface area contributed by atoms with Crippen LogP contribution in [-0.4, -0.2) is 49.6 Å². The molecule has 0 aromatic carbocycles. The molecule has 16 heavy (non-hydrogen) atoms. The Morgan fingerprint density at radius 1 is 1.44 bits per heavy atom. The molecule has 5 heteroatoms. The van der Waals surface area contributed by atoms with Gasteiger partial charge in [-0.1, -0.05) is 6.92 Å². The molecule has 0 aliphatic heterocycles. The average molecular weight is 228 g/mol. The lowest BCUT2D eigenvalue weighted by Crippen LogP contribution is -2.39. The fourth-order valence-electron chi connectivity index (χ4n) is 1.59. The highest BCUT2D eigenvalue weighted by Gasteiger charge is 2.28. The third-order valence-corrected chi connectivity index (χ3v) is 2.70. The zero-order valence-electron chi connectivity index (χ0n) is 9.99. The maximum absolute atomic E-state index is 11.5. The van der Waals surface area contributed by atoms with Gasteiger partial charge in [0.1, 0.15) is 0 Å². The fraction of sp³-hybridized carbons (Fsp3) is 0.818. The van der Waals surface area contributed by atoms with E-state index in [0.717, 1.165) is 6.54 Å². The summed E-state index contributed by atoms with van der Waals surface area (Å²) in [6.07, 6.45) is 2.63. The number of hydrogen-bond donors (Lipinski definition) is 1. The maximum atomic E-state index is 11.5. The summed E-state index contributed by atoms with van der Waals surface area (Å²) in [5, 5.41) is 2.71. The Hall–Kier alpha value is -1.10. The Labute approximate surface area is 96.1 Å². The van der Waals surface area contributed by atoms with Crippen LogP contribution in [0.1, 0.15) is 26.2 Å². The summed E-state index contributed by atoms with van der Waals surface area (Å²) in [4.78, 5) is 24.5. The molecule has 1 N–H and O–H groups in total. The van der Waals surface area contributed by atoms with Crippen LogP contribution in [0.4, 0.5) is 0 Å². The number of esters is 1. The van der Waals surface area contributed by atoms with Crippen LogP contribution in [0.3, 0.4) is 0 Å². The summed E-state index contributed by atoms with van der Waals surface area (Å²) in [6, 6.07) is 0.594. The van der Waals surface area contributed by atoms with Gasteiger partial charge < -0.3 is 10.1 Å². The van der Waals surface area contributed by atoms with Crippen molar-refractivity contribution in [1.82, 2.24) is 10.2 Å². The Balaban J connectivity index is 2.12. The van der Waals surface area contributed by atoms with E-state index in [0.29, 0.717) is 19.1 Å². The van der Waals surface area contributed by atoms with E-state index in [2.05, 4.69) is 21.9 Å². The zero-order valence-corrected chi connectivity index (χ0v) is 9.99. The highest BCUT2D eigenvalue weighted by Crippen LogP contribution is 2.25. The molecule has 0 heterocycles. The van der Waals surface area contributed by atoms with Gasteiger partial charge in [-0.3, -0.25) is 14.5 Å². The molecule has 0 spiro atoms. The van der Waals surface area contributed by atoms with Crippen molar-refractivity contribution in [3.05, 3.63) is 0 Å². The van der Waals surface area contributed by atoms with Crippen LogP contribution in [0.5, 0.6) is 0 Å². The number of carbonyl (C=O) groups is 2. The summed E-state index contributed by atoms with van der Waals surface area (Å²) >= 11 is 0. The van der Waals surface area contributed by atoms with E-state index in [9.17, 15) is 9.59 Å². The molecule has 92 valence electrons. The van der Waals surface area contributed by atoms with E-state index in [1.165, 1.54) is 20.0 Å². The normalized spacial score (nSPS) is 14.9. The summed E-state index contributed by atoms with van der Waals surface area (Å²) in [5.74, 6) is -0.313. The maximum Gasteiger partial charge on any atom is 0.307 e. The standard InChI is InChI=1S/C11H20N2O3/c1-3-13(9-4-5-9)8-10(14)12-7-6-11(15)16-2/h9H,3-8H2,1-2H3,(H,12,14). The monoisotopic (exact) mass is 228 g/mol. The minimum atomic E-state index is -0.296. The molecule has 0 aromatic rings. The second-order valence-corrected chi connectivity index (χ2v) is 3.97. The molecule has 1 aliphatic carbocycles. The number of amides is 1. The molecule has 0 unspecified atom stereocenters. The lowest BCUT2D eigenvalue weighted by molar-refractivity contribution is -0.140. The van der Waals surface area contributed by atoms with E-state index in [1.54, 1.807) is 0 Å². The smallest absolute Gasteiger partial charge is 0.307 e. The number of ether oxygens (including phenoxy) is 1. The third-order valence-electron chi connectivity index (χ3n) is 2.70. The predicted octanol–water partition coefficient (Wildman–Crippen LogP) is 0.150. The molecule has 1 fully saturated rings. The van der Waals surface area contributed by atoms with Crippen molar-refractivity contribution in [3.63, 3.8) is 0 Å². The molecule has 5 nitrogen and oxygen atoms in total. The van der Waals surface area contributed by atoms with E-state index in [4.69, 9.17) is 0 Å². The van der Waals surface area contributed by atoms with Gasteiger partial charge in [-0.2, -0.15) is 0 Å². The van der Waals surface area contributed by atoms with Crippen LogP contribution >= 0.6 is 0 Å². The van der Waals surface area contributed by atoms with Crippen molar-refractivity contribution in [1.29, 1.82) is 0 Å². The SMILES string of the molecule is CCN(CC(=O)NCCC(=O)OC)C1CC1. The van der Waals surface area contributed by atoms with E-state index >= 15 is 0 Å². The minimum Gasteiger partial charge on any atom is -0.469 e. The van der Waals surface area contributed by atoms with Crippen LogP contribution < -0.4 is 5.32 Å². The van der Waals surface area contributed by atoms with Gasteiger partial charge in [0.2, 0.25) is 5.91 Å². The topological polar surface area (TPSA) is 58.6 Å². The largest absolute Gasteiger partial charge is 0.469 e. The van der Waals surface area contributed by atoms with Gasteiger partial charge in [-0.15, -0.1) is 0 Å². The Morgan fingerprint density at radius 3 is 2.62 bits per heavy atom. The van der Waals surface area contributed by atoms with Gasteiger partial charge in [0, 0.05) is 12.6 Å². The number of nitrogens with zero attached hydrogens (tertiary/aromatic N) is 1. The molecule has 0 saturated heterocycles. The van der Waals surface area contributed by atoms with Gasteiger partial charge >= 0.3 is 5.97 Å². The second-order valence-electron chi connectivity index (χ2n) is 3.97. The number of rotatable bonds is 7. The molecule has 1 aliphatic rings. The van der Waals surface area contributed by atoms with Gasteiger partial charge in [0.15, 0.2) is 0 Å². The van der Waals surface area contributed by atoms with Crippen molar-refractivity contribution < 1.29 is 14.3 Å². The first-order chi connectivity index (χ1) is 7.67. The van der Waals surface area contributed by atoms with Gasteiger partial charge in [0.05, 0.1) is 20.1 Å². The number of likely N-dealkylation sites (N-methyl/N-ethyl adjacent to an activating group) is 1. The van der Waals surface area contributed by atoms with Crippen molar-refractivity contribution in [2.75, 3.05) is 26.7 Å². The number of methoxy groups -OCH3 is 1. The summed E-state index contributed by atoms with van der Waals surface area (Å²) in [5.41, 5.74) is 0. The lowest BCUT2D eigenvalue weighted by atomic mass is 10.4. The summed E-state index contributed by atoms with van der Waals surface area (Å²) in [7, 11) is 1.34. The molecular formula is C11H20N2O3. The number of carbonyl (C=O) groups excluding carboxylic acids is 2. The first-order valence-corrected chi connectivity index (χ1v) is 5.75. The van der Waals surface area contributed by atoms with Crippen LogP contribution in [-0.2, 0) is 14.3 Å². The highest BCUT2D eigenvalue weighted by atomic mass is 16.5. The fourth-order valence-corrected chi connectivity index (χ4v) is 1.59. The van der Waals surface area contributed by atoms with Gasteiger partial charge in [-0.25, -0.2) is 0 Å². The average Bonchev–Trinajstić information content (AvgIpc) is 3.09. The Morgan fingerprint density at radius 2 is 2.12 bits per heavy atom. The number of hydrogen-bond acceptors (Lipinski definition) is 4. The third kappa shape index (κ3) is 4.61. The van der Waals surface area contributed by atoms with E-state index in [-0.39, 0.29) is 18.3 Å². The van der Waals surface area contributed by atoms with Crippen molar-refractivity contribution in [2.24, 2.45) is 0 Å². The van der Waals surface area contributed by atoms with Gasteiger partial charge in [0.25, 0.3) is 0 Å². The molecule has 0 atom stereocenters. The Kier molecular flexibility index (Phi) is 5.25. The summed E-state index contributed by atoms with van der Waals surface area (Å²) in [6.45, 7) is 3.74. The zero-order chi connectivity index (χ0) is 12.0. The lowest BCUT2D eigenvalue weighted by Gasteiger charge is -2.18. The van der Waals surface area contributed by atoms with E-state index in [1.807, 2.05) is 0 Å². The van der Waals surface area contributed by atoms with Crippen molar-refractivity contribution in [3.8, 4) is 0 Å². The minimum absolute atomic E-state index is 0.0161. The van der Waals surface area contributed by atoms with Crippen LogP contribution in [0.25, 0.3) is 0 Å². The van der Waals surface area contributed by atoms with E-state index < -0.39 is 0 Å². The molecule has 1 rings (SSSR count). The second kappa shape index (κ2) is 6.48.